The molecular weight excluding hydrogens is 331 g/mol. The Morgan fingerprint density at radius 2 is 2.00 bits per heavy atom. The van der Waals surface area contributed by atoms with Gasteiger partial charge in [-0.15, -0.1) is 0 Å². The molecule has 1 aliphatic heterocycles. The monoisotopic (exact) mass is 343 g/mol. The van der Waals surface area contributed by atoms with Gasteiger partial charge in [0.15, 0.2) is 0 Å². The smallest absolute Gasteiger partial charge is 0.416 e. The number of benzene rings is 2. The molecule has 0 saturated carbocycles. The average Bonchev–Trinajstić information content (AvgIpc) is 2.48. The lowest BCUT2D eigenvalue weighted by atomic mass is 10.2. The minimum Gasteiger partial charge on any atom is -0.487 e. The molecule has 3 rings (SSSR count). The Morgan fingerprint density at radius 1 is 1.22 bits per heavy atom. The third kappa shape index (κ3) is 3.47. The standard InChI is InChI=1S/C16H13ClF3NO2/c1-9-8-21-13-4-3-11(7-15(13)22-9)23-14-5-2-10(6-12(14)17)16(18,19)20/h2-7,9,21H,8H2,1H3. The van der Waals surface area contributed by atoms with Crippen molar-refractivity contribution in [2.75, 3.05) is 11.9 Å². The second kappa shape index (κ2) is 5.85. The predicted molar refractivity (Wildman–Crippen MR) is 81.5 cm³/mol. The van der Waals surface area contributed by atoms with E-state index in [1.165, 1.54) is 6.07 Å². The van der Waals surface area contributed by atoms with E-state index in [1.54, 1.807) is 18.2 Å². The van der Waals surface area contributed by atoms with Crippen LogP contribution in [0.5, 0.6) is 17.2 Å². The van der Waals surface area contributed by atoms with Gasteiger partial charge >= 0.3 is 6.18 Å². The van der Waals surface area contributed by atoms with Crippen molar-refractivity contribution in [3.05, 3.63) is 47.0 Å². The number of fused-ring (bicyclic) bond motifs is 1. The maximum atomic E-state index is 12.6. The van der Waals surface area contributed by atoms with E-state index in [2.05, 4.69) is 5.32 Å². The zero-order valence-electron chi connectivity index (χ0n) is 12.1. The molecule has 1 heterocycles. The van der Waals surface area contributed by atoms with Crippen LogP contribution >= 0.6 is 11.6 Å². The molecule has 1 aliphatic rings. The molecule has 1 atom stereocenters. The summed E-state index contributed by atoms with van der Waals surface area (Å²) >= 11 is 5.88. The summed E-state index contributed by atoms with van der Waals surface area (Å²) in [5.74, 6) is 1.21. The average molecular weight is 344 g/mol. The quantitative estimate of drug-likeness (QED) is 0.798. The number of anilines is 1. The van der Waals surface area contributed by atoms with Crippen LogP contribution in [0.3, 0.4) is 0 Å². The molecule has 0 amide bonds. The number of hydrogen-bond donors (Lipinski definition) is 1. The summed E-state index contributed by atoms with van der Waals surface area (Å²) in [6, 6.07) is 8.13. The van der Waals surface area contributed by atoms with Crippen molar-refractivity contribution < 1.29 is 22.6 Å². The van der Waals surface area contributed by atoms with Crippen LogP contribution in [0.1, 0.15) is 12.5 Å². The van der Waals surface area contributed by atoms with Crippen molar-refractivity contribution in [1.29, 1.82) is 0 Å². The second-order valence-electron chi connectivity index (χ2n) is 5.21. The Morgan fingerprint density at radius 3 is 2.70 bits per heavy atom. The highest BCUT2D eigenvalue weighted by atomic mass is 35.5. The van der Waals surface area contributed by atoms with Gasteiger partial charge in [0.2, 0.25) is 0 Å². The predicted octanol–water partition coefficient (Wildman–Crippen LogP) is 5.34. The Kier molecular flexibility index (Phi) is 4.02. The first kappa shape index (κ1) is 15.8. The largest absolute Gasteiger partial charge is 0.487 e. The van der Waals surface area contributed by atoms with Crippen LogP contribution in [-0.2, 0) is 6.18 Å². The van der Waals surface area contributed by atoms with E-state index < -0.39 is 11.7 Å². The molecular formula is C16H13ClF3NO2. The Balaban J connectivity index is 1.84. The zero-order chi connectivity index (χ0) is 16.6. The van der Waals surface area contributed by atoms with E-state index in [1.807, 2.05) is 6.92 Å². The second-order valence-corrected chi connectivity index (χ2v) is 5.62. The third-order valence-corrected chi connectivity index (χ3v) is 3.64. The van der Waals surface area contributed by atoms with Crippen molar-refractivity contribution >= 4 is 17.3 Å². The van der Waals surface area contributed by atoms with E-state index in [4.69, 9.17) is 21.1 Å². The van der Waals surface area contributed by atoms with Gasteiger partial charge in [-0.2, -0.15) is 13.2 Å². The molecule has 0 fully saturated rings. The van der Waals surface area contributed by atoms with E-state index >= 15 is 0 Å². The molecule has 0 bridgehead atoms. The molecule has 2 aromatic carbocycles. The lowest BCUT2D eigenvalue weighted by Gasteiger charge is -2.25. The van der Waals surface area contributed by atoms with Crippen LogP contribution < -0.4 is 14.8 Å². The normalized spacial score (nSPS) is 17.0. The van der Waals surface area contributed by atoms with Gasteiger partial charge in [-0.1, -0.05) is 11.6 Å². The van der Waals surface area contributed by atoms with Crippen LogP contribution in [0.4, 0.5) is 18.9 Å². The van der Waals surface area contributed by atoms with Crippen molar-refractivity contribution in [3.8, 4) is 17.2 Å². The topological polar surface area (TPSA) is 30.5 Å². The summed E-state index contributed by atoms with van der Waals surface area (Å²) < 4.78 is 49.1. The minimum atomic E-state index is -4.44. The number of halogens is 4. The van der Waals surface area contributed by atoms with Gasteiger partial charge in [0, 0.05) is 6.07 Å². The number of alkyl halides is 3. The number of hydrogen-bond acceptors (Lipinski definition) is 3. The fraction of sp³-hybridized carbons (Fsp3) is 0.250. The highest BCUT2D eigenvalue weighted by molar-refractivity contribution is 6.32. The SMILES string of the molecule is CC1CNc2ccc(Oc3ccc(C(F)(F)F)cc3Cl)cc2O1. The molecule has 122 valence electrons. The molecule has 3 nitrogen and oxygen atoms in total. The van der Waals surface area contributed by atoms with Crippen LogP contribution in [0.2, 0.25) is 5.02 Å². The van der Waals surface area contributed by atoms with Crippen LogP contribution in [-0.4, -0.2) is 12.6 Å². The number of nitrogens with one attached hydrogen (secondary N) is 1. The van der Waals surface area contributed by atoms with Crippen molar-refractivity contribution in [3.63, 3.8) is 0 Å². The Hall–Kier alpha value is -2.08. The van der Waals surface area contributed by atoms with Gasteiger partial charge in [0.05, 0.1) is 22.8 Å². The fourth-order valence-corrected chi connectivity index (χ4v) is 2.43. The highest BCUT2D eigenvalue weighted by Gasteiger charge is 2.31. The van der Waals surface area contributed by atoms with E-state index in [0.29, 0.717) is 18.0 Å². The zero-order valence-corrected chi connectivity index (χ0v) is 12.8. The summed E-state index contributed by atoms with van der Waals surface area (Å²) in [5.41, 5.74) is 0.0237. The van der Waals surface area contributed by atoms with E-state index in [9.17, 15) is 13.2 Å². The minimum absolute atomic E-state index is 0.0207. The molecule has 2 aromatic rings. The molecule has 1 N–H and O–H groups in total. The highest BCUT2D eigenvalue weighted by Crippen LogP contribution is 2.38. The maximum Gasteiger partial charge on any atom is 0.416 e. The fourth-order valence-electron chi connectivity index (χ4n) is 2.21. The van der Waals surface area contributed by atoms with E-state index in [-0.39, 0.29) is 16.9 Å². The van der Waals surface area contributed by atoms with Gasteiger partial charge in [0.25, 0.3) is 0 Å². The summed E-state index contributed by atoms with van der Waals surface area (Å²) in [6.07, 6.45) is -4.42. The molecule has 0 radical (unpaired) electrons. The lowest BCUT2D eigenvalue weighted by Crippen LogP contribution is -2.27. The van der Waals surface area contributed by atoms with Crippen molar-refractivity contribution in [2.24, 2.45) is 0 Å². The lowest BCUT2D eigenvalue weighted by molar-refractivity contribution is -0.137. The van der Waals surface area contributed by atoms with Gasteiger partial charge in [0.1, 0.15) is 23.4 Å². The summed E-state index contributed by atoms with van der Waals surface area (Å²) in [5, 5.41) is 3.10. The van der Waals surface area contributed by atoms with Gasteiger partial charge in [-0.3, -0.25) is 0 Å². The number of ether oxygens (including phenoxy) is 2. The maximum absolute atomic E-state index is 12.6. The van der Waals surface area contributed by atoms with Crippen LogP contribution in [0, 0.1) is 0 Å². The molecule has 0 aliphatic carbocycles. The van der Waals surface area contributed by atoms with Crippen molar-refractivity contribution in [2.45, 2.75) is 19.2 Å². The molecule has 7 heteroatoms. The third-order valence-electron chi connectivity index (χ3n) is 3.35. The Bertz CT molecular complexity index is 734. The van der Waals surface area contributed by atoms with Gasteiger partial charge in [-0.25, -0.2) is 0 Å². The van der Waals surface area contributed by atoms with Crippen LogP contribution in [0.25, 0.3) is 0 Å². The molecule has 0 spiro atoms. The van der Waals surface area contributed by atoms with E-state index in [0.717, 1.165) is 17.8 Å². The molecule has 23 heavy (non-hydrogen) atoms. The summed E-state index contributed by atoms with van der Waals surface area (Å²) in [7, 11) is 0. The number of rotatable bonds is 2. The first-order valence-electron chi connectivity index (χ1n) is 6.92. The summed E-state index contributed by atoms with van der Waals surface area (Å²) in [6.45, 7) is 2.63. The first-order chi connectivity index (χ1) is 10.8. The van der Waals surface area contributed by atoms with Crippen LogP contribution in [0.15, 0.2) is 36.4 Å². The van der Waals surface area contributed by atoms with Gasteiger partial charge < -0.3 is 14.8 Å². The first-order valence-corrected chi connectivity index (χ1v) is 7.30. The molecule has 1 unspecified atom stereocenters. The Labute approximate surface area is 136 Å². The summed E-state index contributed by atoms with van der Waals surface area (Å²) in [4.78, 5) is 0. The van der Waals surface area contributed by atoms with Gasteiger partial charge in [-0.05, 0) is 37.3 Å². The molecule has 0 saturated heterocycles. The molecule has 0 aromatic heterocycles. The van der Waals surface area contributed by atoms with Crippen molar-refractivity contribution in [1.82, 2.24) is 0 Å².